The summed E-state index contributed by atoms with van der Waals surface area (Å²) in [5.41, 5.74) is 1.99. The monoisotopic (exact) mass is 450 g/mol. The average Bonchev–Trinajstić information content (AvgIpc) is 2.82. The highest BCUT2D eigenvalue weighted by molar-refractivity contribution is 6.01. The third-order valence-electron chi connectivity index (χ3n) is 6.36. The highest BCUT2D eigenvalue weighted by atomic mass is 16.6. The molecule has 2 aliphatic heterocycles. The number of Topliss-reactive ketones (excluding diaryl/α,β-unsaturated/α-hetero) is 1. The van der Waals surface area contributed by atoms with Gasteiger partial charge < -0.3 is 14.4 Å². The Balaban J connectivity index is 1.34. The number of nitrogens with zero attached hydrogens (tertiary/aromatic N) is 2. The highest BCUT2D eigenvalue weighted by Crippen LogP contribution is 2.39. The molecule has 2 aromatic carbocycles. The molecule has 1 fully saturated rings. The average molecular weight is 450 g/mol. The Morgan fingerprint density at radius 2 is 1.94 bits per heavy atom. The number of hydrogen-bond donors (Lipinski definition) is 0. The molecule has 8 nitrogen and oxygen atoms in total. The standard InChI is InChI=1S/C25H26N2O6/c1-32-24(29)9-5-19-4-8-23-21(16-19)22(28)17-25(33-23)11-14-26(15-12-25)13-10-18-2-6-20(7-3-18)27(30)31/h2-9,16H,10-15,17H2,1H3. The van der Waals surface area contributed by atoms with Gasteiger partial charge >= 0.3 is 5.97 Å². The first-order chi connectivity index (χ1) is 15.9. The van der Waals surface area contributed by atoms with Crippen molar-refractivity contribution in [3.63, 3.8) is 0 Å². The van der Waals surface area contributed by atoms with Crippen molar-refractivity contribution in [1.82, 2.24) is 4.90 Å². The molecule has 2 aromatic rings. The van der Waals surface area contributed by atoms with E-state index in [1.807, 2.05) is 6.07 Å². The Hall–Kier alpha value is -3.52. The van der Waals surface area contributed by atoms with E-state index in [0.29, 0.717) is 17.7 Å². The Kier molecular flexibility index (Phi) is 6.55. The molecule has 0 bridgehead atoms. The Bertz CT molecular complexity index is 1080. The summed E-state index contributed by atoms with van der Waals surface area (Å²) in [7, 11) is 1.32. The molecule has 0 aliphatic carbocycles. The first-order valence-corrected chi connectivity index (χ1v) is 11.0. The van der Waals surface area contributed by atoms with Crippen molar-refractivity contribution >= 4 is 23.5 Å². The van der Waals surface area contributed by atoms with Gasteiger partial charge in [-0.2, -0.15) is 0 Å². The maximum atomic E-state index is 12.9. The number of benzene rings is 2. The number of non-ortho nitro benzene ring substituents is 1. The third-order valence-corrected chi connectivity index (χ3v) is 6.36. The van der Waals surface area contributed by atoms with E-state index >= 15 is 0 Å². The van der Waals surface area contributed by atoms with E-state index in [2.05, 4.69) is 9.64 Å². The number of rotatable bonds is 6. The smallest absolute Gasteiger partial charge is 0.330 e. The van der Waals surface area contributed by atoms with Crippen LogP contribution in [0.3, 0.4) is 0 Å². The summed E-state index contributed by atoms with van der Waals surface area (Å²) in [5, 5.41) is 10.8. The van der Waals surface area contributed by atoms with Crippen LogP contribution in [-0.2, 0) is 16.0 Å². The molecule has 0 atom stereocenters. The molecule has 0 amide bonds. The van der Waals surface area contributed by atoms with Crippen LogP contribution in [0.4, 0.5) is 5.69 Å². The van der Waals surface area contributed by atoms with Crippen LogP contribution in [0.25, 0.3) is 6.08 Å². The minimum Gasteiger partial charge on any atom is -0.486 e. The predicted molar refractivity (Wildman–Crippen MR) is 122 cm³/mol. The molecule has 0 N–H and O–H groups in total. The summed E-state index contributed by atoms with van der Waals surface area (Å²) < 4.78 is 11.0. The molecule has 0 aromatic heterocycles. The zero-order valence-corrected chi connectivity index (χ0v) is 18.5. The predicted octanol–water partition coefficient (Wildman–Crippen LogP) is 3.82. The van der Waals surface area contributed by atoms with Gasteiger partial charge in [0.1, 0.15) is 11.4 Å². The van der Waals surface area contributed by atoms with E-state index in [9.17, 15) is 19.7 Å². The van der Waals surface area contributed by atoms with Crippen LogP contribution in [-0.4, -0.2) is 53.9 Å². The van der Waals surface area contributed by atoms with E-state index in [1.165, 1.54) is 25.3 Å². The number of nitro groups is 1. The number of esters is 1. The zero-order valence-electron chi connectivity index (χ0n) is 18.5. The lowest BCUT2D eigenvalue weighted by molar-refractivity contribution is -0.384. The maximum Gasteiger partial charge on any atom is 0.330 e. The Labute approximate surface area is 191 Å². The summed E-state index contributed by atoms with van der Waals surface area (Å²) in [6, 6.07) is 12.1. The summed E-state index contributed by atoms with van der Waals surface area (Å²) >= 11 is 0. The maximum absolute atomic E-state index is 12.9. The van der Waals surface area contributed by atoms with Gasteiger partial charge in [0.15, 0.2) is 5.78 Å². The minimum atomic E-state index is -0.475. The van der Waals surface area contributed by atoms with E-state index < -0.39 is 16.5 Å². The van der Waals surface area contributed by atoms with Crippen molar-refractivity contribution in [3.8, 4) is 5.75 Å². The first-order valence-electron chi connectivity index (χ1n) is 11.0. The Morgan fingerprint density at radius 3 is 2.61 bits per heavy atom. The normalized spacial score (nSPS) is 17.5. The van der Waals surface area contributed by atoms with Crippen molar-refractivity contribution in [1.29, 1.82) is 0 Å². The van der Waals surface area contributed by atoms with Gasteiger partial charge in [0.25, 0.3) is 5.69 Å². The summed E-state index contributed by atoms with van der Waals surface area (Å²) in [4.78, 5) is 37.0. The van der Waals surface area contributed by atoms with Crippen LogP contribution in [0.5, 0.6) is 5.75 Å². The molecule has 8 heteroatoms. The van der Waals surface area contributed by atoms with Crippen molar-refractivity contribution < 1.29 is 24.0 Å². The van der Waals surface area contributed by atoms with Gasteiger partial charge in [0, 0.05) is 50.7 Å². The molecule has 0 saturated carbocycles. The molecule has 1 spiro atoms. The van der Waals surface area contributed by atoms with Gasteiger partial charge in [0.2, 0.25) is 0 Å². The second kappa shape index (κ2) is 9.54. The van der Waals surface area contributed by atoms with Crippen molar-refractivity contribution in [2.24, 2.45) is 0 Å². The molecular weight excluding hydrogens is 424 g/mol. The SMILES string of the molecule is COC(=O)C=Cc1ccc2c(c1)C(=O)CC1(CCN(CCc3ccc([N+](=O)[O-])cc3)CC1)O2. The lowest BCUT2D eigenvalue weighted by Gasteiger charge is -2.44. The number of nitro benzene ring substituents is 1. The number of hydrogen-bond acceptors (Lipinski definition) is 7. The van der Waals surface area contributed by atoms with Gasteiger partial charge in [-0.15, -0.1) is 0 Å². The van der Waals surface area contributed by atoms with E-state index in [-0.39, 0.29) is 11.5 Å². The number of ether oxygens (including phenoxy) is 2. The fourth-order valence-electron chi connectivity index (χ4n) is 4.38. The van der Waals surface area contributed by atoms with Crippen molar-refractivity contribution in [2.75, 3.05) is 26.7 Å². The van der Waals surface area contributed by atoms with Gasteiger partial charge in [-0.3, -0.25) is 14.9 Å². The van der Waals surface area contributed by atoms with Crippen molar-refractivity contribution in [2.45, 2.75) is 31.3 Å². The van der Waals surface area contributed by atoms with Crippen LogP contribution in [0.2, 0.25) is 0 Å². The molecule has 2 heterocycles. The fraction of sp³-hybridized carbons (Fsp3) is 0.360. The van der Waals surface area contributed by atoms with Gasteiger partial charge in [-0.25, -0.2) is 4.79 Å². The topological polar surface area (TPSA) is 99.0 Å². The number of likely N-dealkylation sites (tertiary alicyclic amines) is 1. The van der Waals surface area contributed by atoms with E-state index in [1.54, 1.807) is 30.3 Å². The van der Waals surface area contributed by atoms with Crippen LogP contribution >= 0.6 is 0 Å². The lowest BCUT2D eigenvalue weighted by Crippen LogP contribution is -2.51. The quantitative estimate of drug-likeness (QED) is 0.285. The van der Waals surface area contributed by atoms with Crippen LogP contribution in [0, 0.1) is 10.1 Å². The molecule has 0 unspecified atom stereocenters. The second-order valence-electron chi connectivity index (χ2n) is 8.51. The fourth-order valence-corrected chi connectivity index (χ4v) is 4.38. The largest absolute Gasteiger partial charge is 0.486 e. The summed E-state index contributed by atoms with van der Waals surface area (Å²) in [5.74, 6) is 0.208. The summed E-state index contributed by atoms with van der Waals surface area (Å²) in [6.45, 7) is 2.51. The second-order valence-corrected chi connectivity index (χ2v) is 8.51. The lowest BCUT2D eigenvalue weighted by atomic mass is 9.82. The molecule has 172 valence electrons. The number of carbonyl (C=O) groups excluding carboxylic acids is 2. The summed E-state index contributed by atoms with van der Waals surface area (Å²) in [6.07, 6.45) is 5.64. The number of ketones is 1. The molecular formula is C25H26N2O6. The number of fused-ring (bicyclic) bond motifs is 1. The van der Waals surface area contributed by atoms with Crippen LogP contribution in [0.15, 0.2) is 48.5 Å². The van der Waals surface area contributed by atoms with Crippen molar-refractivity contribution in [3.05, 3.63) is 75.3 Å². The molecule has 2 aliphatic rings. The van der Waals surface area contributed by atoms with Gasteiger partial charge in [0.05, 0.1) is 24.0 Å². The number of methoxy groups -OCH3 is 1. The van der Waals surface area contributed by atoms with Crippen LogP contribution in [0.1, 0.15) is 40.7 Å². The Morgan fingerprint density at radius 1 is 1.21 bits per heavy atom. The van der Waals surface area contributed by atoms with E-state index in [4.69, 9.17) is 4.74 Å². The van der Waals surface area contributed by atoms with Crippen LogP contribution < -0.4 is 4.74 Å². The highest BCUT2D eigenvalue weighted by Gasteiger charge is 2.42. The molecule has 0 radical (unpaired) electrons. The molecule has 1 saturated heterocycles. The molecule has 33 heavy (non-hydrogen) atoms. The zero-order chi connectivity index (χ0) is 23.4. The first kappa shape index (κ1) is 22.7. The minimum absolute atomic E-state index is 0.0592. The third kappa shape index (κ3) is 5.28. The van der Waals surface area contributed by atoms with Gasteiger partial charge in [-0.1, -0.05) is 18.2 Å². The van der Waals surface area contributed by atoms with Gasteiger partial charge in [-0.05, 0) is 35.8 Å². The number of carbonyl (C=O) groups is 2. The van der Waals surface area contributed by atoms with E-state index in [0.717, 1.165) is 50.0 Å². The molecule has 4 rings (SSSR count). The number of piperidine rings is 1.